The molecule has 1 aromatic rings. The van der Waals surface area contributed by atoms with Crippen molar-refractivity contribution in [2.75, 3.05) is 23.4 Å². The summed E-state index contributed by atoms with van der Waals surface area (Å²) in [6.45, 7) is 2.83. The standard InChI is InChI=1S/C17H22N4O6/c1-7-3-9-10(4-8(7)2)21(5-11(23)14(25)12(24)6-22)15-13(18-9)16(26)20-17(27)19-15/h3-4,11-14,18,22-25H,5-6H2,1-2H3,(H,20,26,27)/t11-,12+,13?,14-/m0/s1. The lowest BCUT2D eigenvalue weighted by atomic mass is 10.00. The van der Waals surface area contributed by atoms with Crippen molar-refractivity contribution in [1.29, 1.82) is 0 Å². The number of β-amino-alcohol motifs (C(OH)–C–C–N with tert-alkyl or cyclic N) is 1. The lowest BCUT2D eigenvalue weighted by molar-refractivity contribution is -0.119. The van der Waals surface area contributed by atoms with Gasteiger partial charge in [-0.1, -0.05) is 0 Å². The molecule has 1 unspecified atom stereocenters. The van der Waals surface area contributed by atoms with Crippen LogP contribution in [0.3, 0.4) is 0 Å². The van der Waals surface area contributed by atoms with E-state index >= 15 is 0 Å². The lowest BCUT2D eigenvalue weighted by Gasteiger charge is -2.40. The number of aliphatic hydroxyl groups excluding tert-OH is 4. The molecule has 0 saturated heterocycles. The normalized spacial score (nSPS) is 22.1. The van der Waals surface area contributed by atoms with Crippen molar-refractivity contribution in [1.82, 2.24) is 5.32 Å². The SMILES string of the molecule is Cc1cc2c(cc1C)N(C[C@H](O)[C@H](O)[C@H](O)CO)C1=NC(=O)NC(=O)C1N2. The lowest BCUT2D eigenvalue weighted by Crippen LogP contribution is -2.60. The summed E-state index contributed by atoms with van der Waals surface area (Å²) < 4.78 is 0. The fraction of sp³-hybridized carbons (Fsp3) is 0.471. The predicted molar refractivity (Wildman–Crippen MR) is 96.8 cm³/mol. The first-order valence-corrected chi connectivity index (χ1v) is 8.46. The zero-order valence-corrected chi connectivity index (χ0v) is 14.9. The molecule has 0 fully saturated rings. The van der Waals surface area contributed by atoms with Gasteiger partial charge in [0.05, 0.1) is 24.5 Å². The first-order chi connectivity index (χ1) is 12.7. The Morgan fingerprint density at radius 2 is 1.81 bits per heavy atom. The Morgan fingerprint density at radius 1 is 1.15 bits per heavy atom. The van der Waals surface area contributed by atoms with Crippen LogP contribution in [-0.2, 0) is 4.79 Å². The molecule has 10 heteroatoms. The van der Waals surface area contributed by atoms with Crippen molar-refractivity contribution >= 4 is 29.1 Å². The third-order valence-corrected chi connectivity index (χ3v) is 4.79. The van der Waals surface area contributed by atoms with E-state index < -0.39 is 42.9 Å². The summed E-state index contributed by atoms with van der Waals surface area (Å²) in [7, 11) is 0. The first-order valence-electron chi connectivity index (χ1n) is 8.46. The van der Waals surface area contributed by atoms with Crippen LogP contribution in [0.15, 0.2) is 17.1 Å². The van der Waals surface area contributed by atoms with Crippen LogP contribution in [0.25, 0.3) is 0 Å². The Labute approximate surface area is 155 Å². The van der Waals surface area contributed by atoms with Crippen LogP contribution in [0.1, 0.15) is 11.1 Å². The van der Waals surface area contributed by atoms with Gasteiger partial charge in [-0.05, 0) is 37.1 Å². The average Bonchev–Trinajstić information content (AvgIpc) is 2.62. The quantitative estimate of drug-likeness (QED) is 0.367. The number of nitrogens with one attached hydrogen (secondary N) is 2. The maximum atomic E-state index is 12.2. The van der Waals surface area contributed by atoms with E-state index in [2.05, 4.69) is 15.6 Å². The van der Waals surface area contributed by atoms with Crippen LogP contribution in [0, 0.1) is 13.8 Å². The Bertz CT molecular complexity index is 811. The van der Waals surface area contributed by atoms with Gasteiger partial charge in [0.2, 0.25) is 0 Å². The number of hydrogen-bond donors (Lipinski definition) is 6. The topological polar surface area (TPSA) is 155 Å². The molecule has 0 aliphatic carbocycles. The highest BCUT2D eigenvalue weighted by Crippen LogP contribution is 2.35. The Kier molecular flexibility index (Phi) is 5.16. The Balaban J connectivity index is 2.04. The molecule has 146 valence electrons. The predicted octanol–water partition coefficient (Wildman–Crippen LogP) is -1.37. The molecule has 2 aliphatic heterocycles. The summed E-state index contributed by atoms with van der Waals surface area (Å²) in [6, 6.07) is 1.89. The van der Waals surface area contributed by atoms with Gasteiger partial charge in [-0.15, -0.1) is 0 Å². The number of urea groups is 1. The number of carbonyl (C=O) groups excluding carboxylic acids is 2. The fourth-order valence-electron chi connectivity index (χ4n) is 3.11. The van der Waals surface area contributed by atoms with Gasteiger partial charge in [0.15, 0.2) is 6.04 Å². The second-order valence-electron chi connectivity index (χ2n) is 6.71. The van der Waals surface area contributed by atoms with Crippen LogP contribution >= 0.6 is 0 Å². The van der Waals surface area contributed by atoms with Crippen molar-refractivity contribution in [3.63, 3.8) is 0 Å². The summed E-state index contributed by atoms with van der Waals surface area (Å²) in [5, 5.41) is 44.0. The molecule has 0 aromatic heterocycles. The van der Waals surface area contributed by atoms with Crippen LogP contribution < -0.4 is 15.5 Å². The fourth-order valence-corrected chi connectivity index (χ4v) is 3.11. The molecule has 3 rings (SSSR count). The molecule has 27 heavy (non-hydrogen) atoms. The number of rotatable bonds is 5. The number of carbonyl (C=O) groups is 2. The largest absolute Gasteiger partial charge is 0.394 e. The minimum Gasteiger partial charge on any atom is -0.394 e. The number of aryl methyl sites for hydroxylation is 2. The van der Waals surface area contributed by atoms with E-state index in [1.54, 1.807) is 0 Å². The molecule has 6 N–H and O–H groups in total. The molecular weight excluding hydrogens is 356 g/mol. The number of benzene rings is 1. The monoisotopic (exact) mass is 378 g/mol. The molecule has 0 radical (unpaired) electrons. The Hall–Kier alpha value is -2.53. The van der Waals surface area contributed by atoms with E-state index in [1.165, 1.54) is 4.90 Å². The number of fused-ring (bicyclic) bond motifs is 2. The van der Waals surface area contributed by atoms with Gasteiger partial charge >= 0.3 is 6.03 Å². The maximum Gasteiger partial charge on any atom is 0.349 e. The maximum absolute atomic E-state index is 12.2. The summed E-state index contributed by atoms with van der Waals surface area (Å²) in [4.78, 5) is 29.3. The Morgan fingerprint density at radius 3 is 2.48 bits per heavy atom. The third kappa shape index (κ3) is 3.52. The van der Waals surface area contributed by atoms with Gasteiger partial charge < -0.3 is 30.6 Å². The van der Waals surface area contributed by atoms with Crippen molar-refractivity contribution in [2.45, 2.75) is 38.2 Å². The van der Waals surface area contributed by atoms with Gasteiger partial charge in [-0.2, -0.15) is 4.99 Å². The van der Waals surface area contributed by atoms with Gasteiger partial charge in [-0.3, -0.25) is 10.1 Å². The first kappa shape index (κ1) is 19.2. The van der Waals surface area contributed by atoms with Gasteiger partial charge in [0.25, 0.3) is 5.91 Å². The highest BCUT2D eigenvalue weighted by Gasteiger charge is 2.41. The smallest absolute Gasteiger partial charge is 0.349 e. The van der Waals surface area contributed by atoms with Gasteiger partial charge in [0, 0.05) is 0 Å². The number of aliphatic hydroxyl groups is 4. The van der Waals surface area contributed by atoms with Crippen LogP contribution in [0.4, 0.5) is 16.2 Å². The van der Waals surface area contributed by atoms with Crippen molar-refractivity contribution in [2.24, 2.45) is 4.99 Å². The van der Waals surface area contributed by atoms with E-state index in [1.807, 2.05) is 26.0 Å². The minimum atomic E-state index is -1.62. The molecule has 10 nitrogen and oxygen atoms in total. The highest BCUT2D eigenvalue weighted by atomic mass is 16.4. The second kappa shape index (κ2) is 7.24. The van der Waals surface area contributed by atoms with Crippen molar-refractivity contribution in [3.05, 3.63) is 23.3 Å². The van der Waals surface area contributed by atoms with Crippen LogP contribution in [0.2, 0.25) is 0 Å². The molecule has 2 aliphatic rings. The number of hydrogen-bond acceptors (Lipinski definition) is 8. The number of imide groups is 1. The molecule has 1 aromatic carbocycles. The highest BCUT2D eigenvalue weighted by molar-refractivity contribution is 6.26. The van der Waals surface area contributed by atoms with Gasteiger partial charge in [-0.25, -0.2) is 4.79 Å². The summed E-state index contributed by atoms with van der Waals surface area (Å²) in [5.74, 6) is -0.492. The molecule has 0 spiro atoms. The van der Waals surface area contributed by atoms with E-state index in [0.29, 0.717) is 11.4 Å². The number of amidine groups is 1. The molecule has 2 heterocycles. The average molecular weight is 378 g/mol. The third-order valence-electron chi connectivity index (χ3n) is 4.79. The summed E-state index contributed by atoms with van der Waals surface area (Å²) in [6.07, 6.45) is -4.62. The zero-order chi connectivity index (χ0) is 19.9. The van der Waals surface area contributed by atoms with E-state index in [-0.39, 0.29) is 12.4 Å². The van der Waals surface area contributed by atoms with E-state index in [4.69, 9.17) is 5.11 Å². The van der Waals surface area contributed by atoms with E-state index in [0.717, 1.165) is 11.1 Å². The minimum absolute atomic E-state index is 0.0873. The molecule has 0 bridgehead atoms. The number of nitrogens with zero attached hydrogens (tertiary/aromatic N) is 2. The van der Waals surface area contributed by atoms with Gasteiger partial charge in [0.1, 0.15) is 24.1 Å². The van der Waals surface area contributed by atoms with Crippen molar-refractivity contribution < 1.29 is 30.0 Å². The number of amides is 3. The van der Waals surface area contributed by atoms with Crippen LogP contribution in [0.5, 0.6) is 0 Å². The van der Waals surface area contributed by atoms with E-state index in [9.17, 15) is 24.9 Å². The molecular formula is C17H22N4O6. The summed E-state index contributed by atoms with van der Waals surface area (Å²) >= 11 is 0. The zero-order valence-electron chi connectivity index (χ0n) is 14.9. The second-order valence-corrected chi connectivity index (χ2v) is 6.71. The van der Waals surface area contributed by atoms with Crippen LogP contribution in [-0.4, -0.2) is 75.7 Å². The number of anilines is 2. The molecule has 4 atom stereocenters. The summed E-state index contributed by atoms with van der Waals surface area (Å²) in [5.41, 5.74) is 3.10. The van der Waals surface area contributed by atoms with Crippen molar-refractivity contribution in [3.8, 4) is 0 Å². The number of aliphatic imine (C=N–C) groups is 1. The molecule has 3 amide bonds. The molecule has 0 saturated carbocycles.